The standard InChI is InChI=1S/C18H23NO2S/c1-4-17-11-15(12-22-17)18(20)19-13(2)5-6-14-7-9-16(21-3)10-8-14/h7-13H,4-6H2,1-3H3,(H,19,20). The van der Waals surface area contributed by atoms with Crippen LogP contribution in [0, 0.1) is 0 Å². The number of ether oxygens (including phenoxy) is 1. The van der Waals surface area contributed by atoms with E-state index in [4.69, 9.17) is 4.74 Å². The Hall–Kier alpha value is -1.81. The van der Waals surface area contributed by atoms with Gasteiger partial charge in [-0.05, 0) is 49.9 Å². The predicted molar refractivity (Wildman–Crippen MR) is 91.9 cm³/mol. The van der Waals surface area contributed by atoms with Crippen molar-refractivity contribution in [2.45, 2.75) is 39.2 Å². The third kappa shape index (κ3) is 4.60. The van der Waals surface area contributed by atoms with Crippen molar-refractivity contribution in [1.29, 1.82) is 0 Å². The SMILES string of the molecule is CCc1cc(C(=O)NC(C)CCc2ccc(OC)cc2)cs1. The number of carbonyl (C=O) groups excluding carboxylic acids is 1. The Morgan fingerprint density at radius 2 is 2.05 bits per heavy atom. The number of carbonyl (C=O) groups is 1. The highest BCUT2D eigenvalue weighted by molar-refractivity contribution is 7.10. The van der Waals surface area contributed by atoms with Crippen LogP contribution in [0.4, 0.5) is 0 Å². The smallest absolute Gasteiger partial charge is 0.252 e. The van der Waals surface area contributed by atoms with E-state index < -0.39 is 0 Å². The normalized spacial score (nSPS) is 12.0. The first-order valence-corrected chi connectivity index (χ1v) is 8.51. The highest BCUT2D eigenvalue weighted by Crippen LogP contribution is 2.16. The Morgan fingerprint density at radius 1 is 1.32 bits per heavy atom. The van der Waals surface area contributed by atoms with Crippen molar-refractivity contribution in [3.8, 4) is 5.75 Å². The van der Waals surface area contributed by atoms with Gasteiger partial charge in [0.05, 0.1) is 12.7 Å². The number of nitrogens with one attached hydrogen (secondary N) is 1. The van der Waals surface area contributed by atoms with Crippen molar-refractivity contribution >= 4 is 17.2 Å². The van der Waals surface area contributed by atoms with Crippen molar-refractivity contribution < 1.29 is 9.53 Å². The molecule has 0 aliphatic carbocycles. The largest absolute Gasteiger partial charge is 0.497 e. The molecule has 1 unspecified atom stereocenters. The molecular formula is C18H23NO2S. The highest BCUT2D eigenvalue weighted by Gasteiger charge is 2.11. The molecule has 1 atom stereocenters. The molecule has 0 aliphatic rings. The summed E-state index contributed by atoms with van der Waals surface area (Å²) in [7, 11) is 1.67. The Kier molecular flexibility index (Phi) is 6.01. The molecule has 1 heterocycles. The first-order valence-electron chi connectivity index (χ1n) is 7.63. The molecule has 1 aromatic heterocycles. The Bertz CT molecular complexity index is 604. The van der Waals surface area contributed by atoms with Crippen LogP contribution in [0.25, 0.3) is 0 Å². The summed E-state index contributed by atoms with van der Waals surface area (Å²) in [4.78, 5) is 13.4. The van der Waals surface area contributed by atoms with Crippen molar-refractivity contribution in [3.05, 3.63) is 51.7 Å². The van der Waals surface area contributed by atoms with E-state index in [0.29, 0.717) is 0 Å². The number of hydrogen-bond acceptors (Lipinski definition) is 3. The van der Waals surface area contributed by atoms with Crippen LogP contribution in [-0.2, 0) is 12.8 Å². The van der Waals surface area contributed by atoms with E-state index in [0.717, 1.165) is 30.6 Å². The van der Waals surface area contributed by atoms with Crippen LogP contribution in [0.2, 0.25) is 0 Å². The lowest BCUT2D eigenvalue weighted by Crippen LogP contribution is -2.32. The first kappa shape index (κ1) is 16.6. The molecule has 1 N–H and O–H groups in total. The van der Waals surface area contributed by atoms with E-state index in [1.165, 1.54) is 10.4 Å². The first-order chi connectivity index (χ1) is 10.6. The van der Waals surface area contributed by atoms with Crippen molar-refractivity contribution in [3.63, 3.8) is 0 Å². The minimum atomic E-state index is 0.0261. The fraction of sp³-hybridized carbons (Fsp3) is 0.389. The molecule has 2 aromatic rings. The van der Waals surface area contributed by atoms with E-state index in [-0.39, 0.29) is 11.9 Å². The molecule has 0 radical (unpaired) electrons. The van der Waals surface area contributed by atoms with Gasteiger partial charge in [-0.1, -0.05) is 19.1 Å². The maximum absolute atomic E-state index is 12.2. The second-order valence-electron chi connectivity index (χ2n) is 5.42. The van der Waals surface area contributed by atoms with Gasteiger partial charge in [-0.15, -0.1) is 11.3 Å². The topological polar surface area (TPSA) is 38.3 Å². The molecule has 22 heavy (non-hydrogen) atoms. The minimum absolute atomic E-state index is 0.0261. The Labute approximate surface area is 136 Å². The molecule has 4 heteroatoms. The molecule has 1 aromatic carbocycles. The number of thiophene rings is 1. The van der Waals surface area contributed by atoms with Gasteiger partial charge < -0.3 is 10.1 Å². The van der Waals surface area contributed by atoms with Crippen LogP contribution in [0.3, 0.4) is 0 Å². The minimum Gasteiger partial charge on any atom is -0.497 e. The second-order valence-corrected chi connectivity index (χ2v) is 6.41. The monoisotopic (exact) mass is 317 g/mol. The van der Waals surface area contributed by atoms with Gasteiger partial charge in [0.15, 0.2) is 0 Å². The van der Waals surface area contributed by atoms with Gasteiger partial charge in [-0.3, -0.25) is 4.79 Å². The van der Waals surface area contributed by atoms with E-state index in [1.807, 2.05) is 23.6 Å². The van der Waals surface area contributed by atoms with E-state index in [9.17, 15) is 4.79 Å². The summed E-state index contributed by atoms with van der Waals surface area (Å²) in [6, 6.07) is 10.2. The number of benzene rings is 1. The van der Waals surface area contributed by atoms with Gasteiger partial charge in [-0.2, -0.15) is 0 Å². The molecule has 118 valence electrons. The summed E-state index contributed by atoms with van der Waals surface area (Å²) in [6.07, 6.45) is 2.84. The number of aryl methyl sites for hydroxylation is 2. The zero-order valence-electron chi connectivity index (χ0n) is 13.4. The number of hydrogen-bond donors (Lipinski definition) is 1. The van der Waals surface area contributed by atoms with Crippen molar-refractivity contribution in [2.24, 2.45) is 0 Å². The molecule has 3 nitrogen and oxygen atoms in total. The molecule has 0 saturated heterocycles. The second kappa shape index (κ2) is 7.99. The summed E-state index contributed by atoms with van der Waals surface area (Å²) < 4.78 is 5.15. The predicted octanol–water partition coefficient (Wildman–Crippen LogP) is 4.07. The van der Waals surface area contributed by atoms with Gasteiger partial charge in [-0.25, -0.2) is 0 Å². The Morgan fingerprint density at radius 3 is 2.64 bits per heavy atom. The highest BCUT2D eigenvalue weighted by atomic mass is 32.1. The molecule has 2 rings (SSSR count). The molecule has 0 bridgehead atoms. The maximum atomic E-state index is 12.2. The summed E-state index contributed by atoms with van der Waals surface area (Å²) >= 11 is 1.65. The lowest BCUT2D eigenvalue weighted by molar-refractivity contribution is 0.0939. The molecule has 1 amide bonds. The van der Waals surface area contributed by atoms with Gasteiger partial charge in [0.1, 0.15) is 5.75 Å². The van der Waals surface area contributed by atoms with Crippen LogP contribution >= 0.6 is 11.3 Å². The molecule has 0 saturated carbocycles. The maximum Gasteiger partial charge on any atom is 0.252 e. The van der Waals surface area contributed by atoms with Crippen molar-refractivity contribution in [2.75, 3.05) is 7.11 Å². The average Bonchev–Trinajstić information content (AvgIpc) is 3.02. The fourth-order valence-corrected chi connectivity index (χ4v) is 3.05. The molecular weight excluding hydrogens is 294 g/mol. The van der Waals surface area contributed by atoms with Crippen LogP contribution in [0.15, 0.2) is 35.7 Å². The van der Waals surface area contributed by atoms with E-state index >= 15 is 0 Å². The number of rotatable bonds is 7. The zero-order chi connectivity index (χ0) is 15.9. The Balaban J connectivity index is 1.81. The van der Waals surface area contributed by atoms with Gasteiger partial charge >= 0.3 is 0 Å². The van der Waals surface area contributed by atoms with E-state index in [1.54, 1.807) is 18.4 Å². The van der Waals surface area contributed by atoms with Gasteiger partial charge in [0.2, 0.25) is 0 Å². The lowest BCUT2D eigenvalue weighted by atomic mass is 10.1. The summed E-state index contributed by atoms with van der Waals surface area (Å²) in [6.45, 7) is 4.15. The number of methoxy groups -OCH3 is 1. The zero-order valence-corrected chi connectivity index (χ0v) is 14.2. The quantitative estimate of drug-likeness (QED) is 0.836. The van der Waals surface area contributed by atoms with Crippen molar-refractivity contribution in [1.82, 2.24) is 5.32 Å². The van der Waals surface area contributed by atoms with Crippen LogP contribution in [0.5, 0.6) is 5.75 Å². The van der Waals surface area contributed by atoms with Crippen LogP contribution in [-0.4, -0.2) is 19.1 Å². The molecule has 0 fully saturated rings. The number of amides is 1. The fourth-order valence-electron chi connectivity index (χ4n) is 2.24. The molecule has 0 spiro atoms. The third-order valence-electron chi connectivity index (χ3n) is 3.67. The summed E-state index contributed by atoms with van der Waals surface area (Å²) in [5, 5.41) is 5.00. The summed E-state index contributed by atoms with van der Waals surface area (Å²) in [5.74, 6) is 0.896. The van der Waals surface area contributed by atoms with Gasteiger partial charge in [0.25, 0.3) is 5.91 Å². The summed E-state index contributed by atoms with van der Waals surface area (Å²) in [5.41, 5.74) is 2.03. The van der Waals surface area contributed by atoms with Crippen LogP contribution < -0.4 is 10.1 Å². The average molecular weight is 317 g/mol. The van der Waals surface area contributed by atoms with E-state index in [2.05, 4.69) is 31.3 Å². The lowest BCUT2D eigenvalue weighted by Gasteiger charge is -2.13. The van der Waals surface area contributed by atoms with Crippen LogP contribution in [0.1, 0.15) is 41.1 Å². The van der Waals surface area contributed by atoms with Gasteiger partial charge in [0, 0.05) is 16.3 Å². The molecule has 0 aliphatic heterocycles. The third-order valence-corrected chi connectivity index (χ3v) is 4.75.